The number of hydrogen-bond donors (Lipinski definition) is 2. The molecule has 2 N–H and O–H groups in total. The van der Waals surface area contributed by atoms with Crippen LogP contribution in [0.15, 0.2) is 22.8 Å². The van der Waals surface area contributed by atoms with E-state index < -0.39 is 18.5 Å². The van der Waals surface area contributed by atoms with Crippen LogP contribution in [0, 0.1) is 0 Å². The monoisotopic (exact) mass is 390 g/mol. The van der Waals surface area contributed by atoms with Gasteiger partial charge in [0.2, 0.25) is 5.91 Å². The standard InChI is InChI=1S/C19H22N2O5S/c1-11(14-7-5-9-25-14)20-16(23)10-26-19(24)17-13-6-3-4-8-15(13)27-18(17)21-12(2)22/h5,7,9,11H,3-4,6,8,10H2,1-2H3,(H,20,23)(H,21,22). The molecule has 3 rings (SSSR count). The van der Waals surface area contributed by atoms with Crippen molar-refractivity contribution in [2.24, 2.45) is 0 Å². The summed E-state index contributed by atoms with van der Waals surface area (Å²) in [5.41, 5.74) is 1.32. The minimum atomic E-state index is -0.584. The van der Waals surface area contributed by atoms with E-state index in [9.17, 15) is 14.4 Å². The Bertz CT molecular complexity index is 841. The Hall–Kier alpha value is -2.61. The molecule has 2 aromatic rings. The molecule has 8 heteroatoms. The quantitative estimate of drug-likeness (QED) is 0.738. The van der Waals surface area contributed by atoms with Crippen LogP contribution in [0.5, 0.6) is 0 Å². The lowest BCUT2D eigenvalue weighted by atomic mass is 9.95. The van der Waals surface area contributed by atoms with Crippen molar-refractivity contribution in [1.29, 1.82) is 0 Å². The fraction of sp³-hybridized carbons (Fsp3) is 0.421. The van der Waals surface area contributed by atoms with Crippen LogP contribution in [-0.2, 0) is 27.2 Å². The number of hydrogen-bond acceptors (Lipinski definition) is 6. The molecule has 144 valence electrons. The molecule has 7 nitrogen and oxygen atoms in total. The van der Waals surface area contributed by atoms with Crippen LogP contribution in [0.1, 0.15) is 59.3 Å². The second-order valence-corrected chi connectivity index (χ2v) is 7.58. The third kappa shape index (κ3) is 4.57. The number of amides is 2. The molecule has 2 heterocycles. The first-order chi connectivity index (χ1) is 13.0. The van der Waals surface area contributed by atoms with E-state index in [0.29, 0.717) is 16.3 Å². The average Bonchev–Trinajstić information content (AvgIpc) is 3.26. The zero-order chi connectivity index (χ0) is 19.4. The Balaban J connectivity index is 1.66. The summed E-state index contributed by atoms with van der Waals surface area (Å²) in [4.78, 5) is 37.3. The number of ether oxygens (including phenoxy) is 1. The van der Waals surface area contributed by atoms with Crippen molar-refractivity contribution >= 4 is 34.1 Å². The second-order valence-electron chi connectivity index (χ2n) is 6.48. The van der Waals surface area contributed by atoms with Gasteiger partial charge in [0.05, 0.1) is 17.9 Å². The molecule has 0 aromatic carbocycles. The first-order valence-corrected chi connectivity index (χ1v) is 9.69. The van der Waals surface area contributed by atoms with E-state index in [1.165, 1.54) is 24.5 Å². The maximum atomic E-state index is 12.6. The lowest BCUT2D eigenvalue weighted by molar-refractivity contribution is -0.125. The highest BCUT2D eigenvalue weighted by molar-refractivity contribution is 7.17. The van der Waals surface area contributed by atoms with Crippen molar-refractivity contribution < 1.29 is 23.5 Å². The molecular weight excluding hydrogens is 368 g/mol. The molecule has 2 aromatic heterocycles. The normalized spacial score (nSPS) is 14.1. The van der Waals surface area contributed by atoms with Crippen molar-refractivity contribution in [3.8, 4) is 0 Å². The molecule has 0 bridgehead atoms. The van der Waals surface area contributed by atoms with E-state index in [-0.39, 0.29) is 11.9 Å². The van der Waals surface area contributed by atoms with E-state index in [2.05, 4.69) is 10.6 Å². The summed E-state index contributed by atoms with van der Waals surface area (Å²) in [7, 11) is 0. The van der Waals surface area contributed by atoms with Crippen LogP contribution in [0.25, 0.3) is 0 Å². The van der Waals surface area contributed by atoms with Gasteiger partial charge in [0.25, 0.3) is 5.91 Å². The van der Waals surface area contributed by atoms with Crippen LogP contribution in [-0.4, -0.2) is 24.4 Å². The van der Waals surface area contributed by atoms with E-state index in [4.69, 9.17) is 9.15 Å². The molecule has 0 aliphatic heterocycles. The Morgan fingerprint density at radius 1 is 1.30 bits per heavy atom. The van der Waals surface area contributed by atoms with Gasteiger partial charge in [0, 0.05) is 11.8 Å². The first kappa shape index (κ1) is 19.2. The topological polar surface area (TPSA) is 97.6 Å². The number of thiophene rings is 1. The smallest absolute Gasteiger partial charge is 0.341 e. The highest BCUT2D eigenvalue weighted by atomic mass is 32.1. The molecule has 1 atom stereocenters. The molecule has 1 unspecified atom stereocenters. The molecule has 0 radical (unpaired) electrons. The van der Waals surface area contributed by atoms with Gasteiger partial charge in [0.15, 0.2) is 6.61 Å². The molecule has 1 aliphatic rings. The van der Waals surface area contributed by atoms with E-state index in [1.807, 2.05) is 0 Å². The van der Waals surface area contributed by atoms with Gasteiger partial charge in [-0.05, 0) is 50.3 Å². The van der Waals surface area contributed by atoms with Gasteiger partial charge in [-0.2, -0.15) is 0 Å². The molecule has 2 amide bonds. The molecule has 27 heavy (non-hydrogen) atoms. The van der Waals surface area contributed by atoms with Gasteiger partial charge in [-0.25, -0.2) is 4.79 Å². The number of furan rings is 1. The number of esters is 1. The van der Waals surface area contributed by atoms with Crippen LogP contribution in [0.3, 0.4) is 0 Å². The van der Waals surface area contributed by atoms with Crippen LogP contribution < -0.4 is 10.6 Å². The number of aryl methyl sites for hydroxylation is 1. The second kappa shape index (κ2) is 8.39. The third-order valence-corrected chi connectivity index (χ3v) is 5.55. The van der Waals surface area contributed by atoms with Crippen molar-refractivity contribution in [2.45, 2.75) is 45.6 Å². The third-order valence-electron chi connectivity index (χ3n) is 4.35. The minimum absolute atomic E-state index is 0.243. The van der Waals surface area contributed by atoms with Crippen LogP contribution in [0.4, 0.5) is 5.00 Å². The summed E-state index contributed by atoms with van der Waals surface area (Å²) in [6, 6.07) is 3.17. The summed E-state index contributed by atoms with van der Waals surface area (Å²) in [5, 5.41) is 5.93. The molecule has 0 saturated carbocycles. The summed E-state index contributed by atoms with van der Waals surface area (Å²) in [6.45, 7) is 2.79. The van der Waals surface area contributed by atoms with E-state index in [0.717, 1.165) is 36.1 Å². The largest absolute Gasteiger partial charge is 0.467 e. The van der Waals surface area contributed by atoms with Crippen molar-refractivity contribution in [3.63, 3.8) is 0 Å². The number of nitrogens with one attached hydrogen (secondary N) is 2. The van der Waals surface area contributed by atoms with Crippen molar-refractivity contribution in [2.75, 3.05) is 11.9 Å². The number of anilines is 1. The SMILES string of the molecule is CC(=O)Nc1sc2c(c1C(=O)OCC(=O)NC(C)c1ccco1)CCCC2. The Morgan fingerprint density at radius 2 is 2.07 bits per heavy atom. The molecule has 0 saturated heterocycles. The average molecular weight is 390 g/mol. The highest BCUT2D eigenvalue weighted by Gasteiger charge is 2.27. The van der Waals surface area contributed by atoms with E-state index >= 15 is 0 Å². The summed E-state index contributed by atoms with van der Waals surface area (Å²) >= 11 is 1.42. The molecule has 0 fully saturated rings. The Labute approximate surface area is 161 Å². The van der Waals surface area contributed by atoms with Gasteiger partial charge in [0.1, 0.15) is 10.8 Å². The van der Waals surface area contributed by atoms with Gasteiger partial charge in [-0.15, -0.1) is 11.3 Å². The van der Waals surface area contributed by atoms with Crippen molar-refractivity contribution in [1.82, 2.24) is 5.32 Å². The highest BCUT2D eigenvalue weighted by Crippen LogP contribution is 2.38. The van der Waals surface area contributed by atoms with Gasteiger partial charge < -0.3 is 19.8 Å². The Kier molecular flexibility index (Phi) is 5.95. The summed E-state index contributed by atoms with van der Waals surface area (Å²) in [5.74, 6) is -0.626. The maximum Gasteiger partial charge on any atom is 0.341 e. The maximum absolute atomic E-state index is 12.6. The molecular formula is C19H22N2O5S. The van der Waals surface area contributed by atoms with Gasteiger partial charge in [-0.1, -0.05) is 0 Å². The molecule has 0 spiro atoms. The number of carbonyl (C=O) groups excluding carboxylic acids is 3. The van der Waals surface area contributed by atoms with Gasteiger partial charge >= 0.3 is 5.97 Å². The lowest BCUT2D eigenvalue weighted by Crippen LogP contribution is -2.31. The van der Waals surface area contributed by atoms with Crippen LogP contribution >= 0.6 is 11.3 Å². The van der Waals surface area contributed by atoms with E-state index in [1.54, 1.807) is 19.1 Å². The predicted molar refractivity (Wildman–Crippen MR) is 101 cm³/mol. The predicted octanol–water partition coefficient (Wildman–Crippen LogP) is 3.21. The lowest BCUT2D eigenvalue weighted by Gasteiger charge is -2.14. The number of fused-ring (bicyclic) bond motifs is 1. The summed E-state index contributed by atoms with van der Waals surface area (Å²) < 4.78 is 10.5. The minimum Gasteiger partial charge on any atom is -0.467 e. The van der Waals surface area contributed by atoms with Crippen molar-refractivity contribution in [3.05, 3.63) is 40.2 Å². The number of rotatable bonds is 6. The number of carbonyl (C=O) groups is 3. The van der Waals surface area contributed by atoms with Gasteiger partial charge in [-0.3, -0.25) is 9.59 Å². The molecule has 1 aliphatic carbocycles. The summed E-state index contributed by atoms with van der Waals surface area (Å²) in [6.07, 6.45) is 5.25. The fourth-order valence-electron chi connectivity index (χ4n) is 3.12. The zero-order valence-electron chi connectivity index (χ0n) is 15.3. The Morgan fingerprint density at radius 3 is 2.78 bits per heavy atom. The zero-order valence-corrected chi connectivity index (χ0v) is 16.1. The first-order valence-electron chi connectivity index (χ1n) is 8.87. The van der Waals surface area contributed by atoms with Crippen LogP contribution in [0.2, 0.25) is 0 Å². The fourth-order valence-corrected chi connectivity index (χ4v) is 4.45.